The van der Waals surface area contributed by atoms with Crippen LogP contribution in [0.1, 0.15) is 37.5 Å². The van der Waals surface area contributed by atoms with Crippen molar-refractivity contribution in [3.05, 3.63) is 84.1 Å². The van der Waals surface area contributed by atoms with Crippen molar-refractivity contribution in [3.63, 3.8) is 0 Å². The molecule has 0 saturated carbocycles. The molecule has 0 fully saturated rings. The Morgan fingerprint density at radius 2 is 1.79 bits per heavy atom. The maximum absolute atomic E-state index is 6.06. The van der Waals surface area contributed by atoms with Gasteiger partial charge in [-0.25, -0.2) is 4.98 Å². The molecule has 1 heterocycles. The minimum Gasteiger partial charge on any atom is -0.496 e. The summed E-state index contributed by atoms with van der Waals surface area (Å²) in [6, 6.07) is 18.3. The predicted octanol–water partition coefficient (Wildman–Crippen LogP) is 6.28. The topological polar surface area (TPSA) is 31.4 Å². The van der Waals surface area contributed by atoms with Gasteiger partial charge in [-0.1, -0.05) is 63.8 Å². The van der Waals surface area contributed by atoms with E-state index in [0.29, 0.717) is 12.5 Å². The van der Waals surface area contributed by atoms with Crippen molar-refractivity contribution in [1.29, 1.82) is 0 Å². The van der Waals surface area contributed by atoms with Crippen molar-refractivity contribution in [1.82, 2.24) is 4.98 Å². The summed E-state index contributed by atoms with van der Waals surface area (Å²) in [6.45, 7) is 11.0. The summed E-state index contributed by atoms with van der Waals surface area (Å²) in [5.74, 6) is 1.48. The predicted molar refractivity (Wildman–Crippen MR) is 116 cm³/mol. The molecule has 0 spiro atoms. The smallest absolute Gasteiger partial charge is 0.221 e. The summed E-state index contributed by atoms with van der Waals surface area (Å²) in [4.78, 5) is 4.48. The lowest BCUT2D eigenvalue weighted by atomic mass is 9.83. The molecular formula is C25H27NO2. The second kappa shape index (κ2) is 8.30. The normalized spacial score (nSPS) is 11.1. The fourth-order valence-corrected chi connectivity index (χ4v) is 3.19. The van der Waals surface area contributed by atoms with Crippen LogP contribution in [0, 0.1) is 0 Å². The Morgan fingerprint density at radius 1 is 1.04 bits per heavy atom. The van der Waals surface area contributed by atoms with E-state index >= 15 is 0 Å². The highest BCUT2D eigenvalue weighted by Gasteiger charge is 2.23. The van der Waals surface area contributed by atoms with Crippen LogP contribution in [0.5, 0.6) is 11.6 Å². The molecule has 0 radical (unpaired) electrons. The molecule has 144 valence electrons. The van der Waals surface area contributed by atoms with E-state index in [1.165, 1.54) is 0 Å². The van der Waals surface area contributed by atoms with Crippen LogP contribution < -0.4 is 9.47 Å². The van der Waals surface area contributed by atoms with Crippen LogP contribution in [0.4, 0.5) is 0 Å². The van der Waals surface area contributed by atoms with Crippen molar-refractivity contribution in [3.8, 4) is 22.8 Å². The molecule has 28 heavy (non-hydrogen) atoms. The first-order valence-corrected chi connectivity index (χ1v) is 9.41. The molecule has 3 aromatic rings. The first-order chi connectivity index (χ1) is 13.4. The maximum atomic E-state index is 6.06. The van der Waals surface area contributed by atoms with Crippen LogP contribution in [-0.4, -0.2) is 12.1 Å². The highest BCUT2D eigenvalue weighted by Crippen LogP contribution is 2.40. The number of ether oxygens (including phenoxy) is 2. The highest BCUT2D eigenvalue weighted by molar-refractivity contribution is 5.75. The molecule has 0 saturated heterocycles. The van der Waals surface area contributed by atoms with Gasteiger partial charge in [-0.3, -0.25) is 0 Å². The third-order valence-electron chi connectivity index (χ3n) is 4.65. The molecule has 0 aliphatic heterocycles. The summed E-state index contributed by atoms with van der Waals surface area (Å²) in [7, 11) is 1.70. The lowest BCUT2D eigenvalue weighted by Gasteiger charge is -2.25. The van der Waals surface area contributed by atoms with E-state index in [1.54, 1.807) is 13.3 Å². The van der Waals surface area contributed by atoms with Crippen LogP contribution in [0.25, 0.3) is 17.2 Å². The lowest BCUT2D eigenvalue weighted by Crippen LogP contribution is -2.14. The Kier molecular flexibility index (Phi) is 5.84. The Labute approximate surface area is 167 Å². The van der Waals surface area contributed by atoms with Gasteiger partial charge in [0.25, 0.3) is 0 Å². The molecule has 3 rings (SSSR count). The molecule has 0 aliphatic rings. The quantitative estimate of drug-likeness (QED) is 0.510. The molecule has 0 N–H and O–H groups in total. The molecule has 2 aromatic carbocycles. The molecule has 0 aliphatic carbocycles. The number of rotatable bonds is 6. The van der Waals surface area contributed by atoms with E-state index in [9.17, 15) is 0 Å². The number of aromatic nitrogens is 1. The zero-order valence-electron chi connectivity index (χ0n) is 17.0. The molecule has 0 amide bonds. The monoisotopic (exact) mass is 373 g/mol. The number of pyridine rings is 1. The standard InChI is InChI=1S/C25H27NO2/c1-6-19-15-20(16-22(23(19)27-5)25(2,3)4)21-13-10-14-26-24(21)28-17-18-11-8-7-9-12-18/h6-16H,1,17H2,2-5H3. The van der Waals surface area contributed by atoms with Crippen molar-refractivity contribution in [2.75, 3.05) is 7.11 Å². The number of nitrogens with zero attached hydrogens (tertiary/aromatic N) is 1. The molecule has 3 nitrogen and oxygen atoms in total. The molecule has 1 aromatic heterocycles. The summed E-state index contributed by atoms with van der Waals surface area (Å²) in [6.07, 6.45) is 3.59. The van der Waals surface area contributed by atoms with Crippen molar-refractivity contribution < 1.29 is 9.47 Å². The summed E-state index contributed by atoms with van der Waals surface area (Å²) in [5, 5.41) is 0. The van der Waals surface area contributed by atoms with Crippen LogP contribution in [-0.2, 0) is 12.0 Å². The Morgan fingerprint density at radius 3 is 2.43 bits per heavy atom. The van der Waals surface area contributed by atoms with Crippen LogP contribution >= 0.6 is 0 Å². The average molecular weight is 373 g/mol. The Balaban J connectivity index is 2.05. The second-order valence-corrected chi connectivity index (χ2v) is 7.73. The minimum atomic E-state index is -0.0770. The summed E-state index contributed by atoms with van der Waals surface area (Å²) >= 11 is 0. The molecular weight excluding hydrogens is 346 g/mol. The fraction of sp³-hybridized carbons (Fsp3) is 0.240. The van der Waals surface area contributed by atoms with Crippen LogP contribution in [0.15, 0.2) is 67.4 Å². The van der Waals surface area contributed by atoms with Gasteiger partial charge < -0.3 is 9.47 Å². The largest absolute Gasteiger partial charge is 0.496 e. The summed E-state index contributed by atoms with van der Waals surface area (Å²) in [5.41, 5.74) is 5.11. The zero-order valence-corrected chi connectivity index (χ0v) is 17.0. The van der Waals surface area contributed by atoms with Crippen molar-refractivity contribution >= 4 is 6.08 Å². The number of hydrogen-bond acceptors (Lipinski definition) is 3. The van der Waals surface area contributed by atoms with Gasteiger partial charge in [0.2, 0.25) is 5.88 Å². The van der Waals surface area contributed by atoms with E-state index in [4.69, 9.17) is 9.47 Å². The molecule has 0 bridgehead atoms. The molecule has 0 atom stereocenters. The maximum Gasteiger partial charge on any atom is 0.221 e. The number of hydrogen-bond donors (Lipinski definition) is 0. The van der Waals surface area contributed by atoms with E-state index in [0.717, 1.165) is 33.6 Å². The Bertz CT molecular complexity index is 956. The lowest BCUT2D eigenvalue weighted by molar-refractivity contribution is 0.295. The molecule has 0 unspecified atom stereocenters. The van der Waals surface area contributed by atoms with E-state index in [-0.39, 0.29) is 5.41 Å². The second-order valence-electron chi connectivity index (χ2n) is 7.73. The van der Waals surface area contributed by atoms with Gasteiger partial charge in [-0.15, -0.1) is 0 Å². The first kappa shape index (κ1) is 19.7. The van der Waals surface area contributed by atoms with Gasteiger partial charge in [-0.2, -0.15) is 0 Å². The zero-order chi connectivity index (χ0) is 20.1. The van der Waals surface area contributed by atoms with Gasteiger partial charge >= 0.3 is 0 Å². The number of methoxy groups -OCH3 is 1. The van der Waals surface area contributed by atoms with E-state index < -0.39 is 0 Å². The van der Waals surface area contributed by atoms with Crippen LogP contribution in [0.2, 0.25) is 0 Å². The van der Waals surface area contributed by atoms with Gasteiger partial charge in [0.1, 0.15) is 12.4 Å². The van der Waals surface area contributed by atoms with E-state index in [1.807, 2.05) is 48.5 Å². The van der Waals surface area contributed by atoms with Crippen molar-refractivity contribution in [2.24, 2.45) is 0 Å². The third-order valence-corrected chi connectivity index (χ3v) is 4.65. The Hall–Kier alpha value is -3.07. The van der Waals surface area contributed by atoms with Gasteiger partial charge in [0.05, 0.1) is 7.11 Å². The summed E-state index contributed by atoms with van der Waals surface area (Å²) < 4.78 is 11.8. The minimum absolute atomic E-state index is 0.0770. The van der Waals surface area contributed by atoms with Crippen LogP contribution in [0.3, 0.4) is 0 Å². The highest BCUT2D eigenvalue weighted by atomic mass is 16.5. The van der Waals surface area contributed by atoms with Crippen molar-refractivity contribution in [2.45, 2.75) is 32.8 Å². The van der Waals surface area contributed by atoms with Gasteiger partial charge in [0, 0.05) is 22.9 Å². The molecule has 3 heteroatoms. The van der Waals surface area contributed by atoms with Gasteiger partial charge in [0.15, 0.2) is 0 Å². The SMILES string of the molecule is C=Cc1cc(-c2cccnc2OCc2ccccc2)cc(C(C)(C)C)c1OC. The third kappa shape index (κ3) is 4.25. The van der Waals surface area contributed by atoms with Gasteiger partial charge in [-0.05, 0) is 40.8 Å². The first-order valence-electron chi connectivity index (χ1n) is 9.41. The van der Waals surface area contributed by atoms with E-state index in [2.05, 4.69) is 44.5 Å². The fourth-order valence-electron chi connectivity index (χ4n) is 3.19. The average Bonchev–Trinajstić information content (AvgIpc) is 2.71. The number of benzene rings is 2.